The number of carboxylic acids is 1. The lowest BCUT2D eigenvalue weighted by molar-refractivity contribution is -0.137. The predicted molar refractivity (Wildman–Crippen MR) is 58.1 cm³/mol. The van der Waals surface area contributed by atoms with Crippen molar-refractivity contribution in [3.63, 3.8) is 0 Å². The summed E-state index contributed by atoms with van der Waals surface area (Å²) in [6.07, 6.45) is 2.31. The summed E-state index contributed by atoms with van der Waals surface area (Å²) in [5, 5.41) is 11.1. The van der Waals surface area contributed by atoms with Crippen LogP contribution in [0.2, 0.25) is 0 Å². The van der Waals surface area contributed by atoms with Gasteiger partial charge in [-0.2, -0.15) is 0 Å². The summed E-state index contributed by atoms with van der Waals surface area (Å²) in [5.41, 5.74) is 0. The zero-order valence-corrected chi connectivity index (χ0v) is 9.15. The van der Waals surface area contributed by atoms with Crippen molar-refractivity contribution in [3.05, 3.63) is 0 Å². The Morgan fingerprint density at radius 3 is 2.69 bits per heavy atom. The van der Waals surface area contributed by atoms with Crippen LogP contribution in [0.5, 0.6) is 0 Å². The molecule has 5 nitrogen and oxygen atoms in total. The summed E-state index contributed by atoms with van der Waals surface area (Å²) >= 11 is 0. The van der Waals surface area contributed by atoms with Crippen molar-refractivity contribution in [2.45, 2.75) is 44.2 Å². The predicted octanol–water partition coefficient (Wildman–Crippen LogP) is 0.0311. The number of carboxylic acid groups (broad SMARTS) is 1. The maximum Gasteiger partial charge on any atom is 0.303 e. The van der Waals surface area contributed by atoms with Crippen LogP contribution in [-0.2, 0) is 14.3 Å². The molecular formula is C10H16BNO4. The number of amides is 1. The molecule has 0 aromatic carbocycles. The van der Waals surface area contributed by atoms with Gasteiger partial charge in [0, 0.05) is 25.4 Å². The van der Waals surface area contributed by atoms with Crippen LogP contribution in [0.3, 0.4) is 0 Å². The molecule has 1 aliphatic heterocycles. The SMILES string of the molecule is [B][C@H]1CC[C@@H](CNC(=O)CCCC(=O)O)O1. The molecule has 0 saturated carbocycles. The van der Waals surface area contributed by atoms with Gasteiger partial charge in [0.1, 0.15) is 7.85 Å². The summed E-state index contributed by atoms with van der Waals surface area (Å²) in [4.78, 5) is 21.5. The first-order valence-corrected chi connectivity index (χ1v) is 5.47. The minimum Gasteiger partial charge on any atom is -0.481 e. The fourth-order valence-electron chi connectivity index (χ4n) is 1.60. The first-order chi connectivity index (χ1) is 7.58. The maximum atomic E-state index is 11.3. The third kappa shape index (κ3) is 5.16. The summed E-state index contributed by atoms with van der Waals surface area (Å²) in [7, 11) is 5.54. The average molecular weight is 225 g/mol. The van der Waals surface area contributed by atoms with E-state index < -0.39 is 5.97 Å². The van der Waals surface area contributed by atoms with Crippen LogP contribution in [0, 0.1) is 0 Å². The minimum atomic E-state index is -0.877. The maximum absolute atomic E-state index is 11.3. The third-order valence-electron chi connectivity index (χ3n) is 2.46. The van der Waals surface area contributed by atoms with Crippen LogP contribution < -0.4 is 5.32 Å². The van der Waals surface area contributed by atoms with Crippen molar-refractivity contribution in [2.75, 3.05) is 6.54 Å². The van der Waals surface area contributed by atoms with Crippen LogP contribution in [0.25, 0.3) is 0 Å². The minimum absolute atomic E-state index is 0.00146. The van der Waals surface area contributed by atoms with E-state index in [-0.39, 0.29) is 30.9 Å². The van der Waals surface area contributed by atoms with E-state index in [1.807, 2.05) is 0 Å². The van der Waals surface area contributed by atoms with E-state index in [2.05, 4.69) is 5.32 Å². The molecule has 0 spiro atoms. The molecule has 0 aromatic heterocycles. The summed E-state index contributed by atoms with van der Waals surface area (Å²) in [5.74, 6) is -1.01. The van der Waals surface area contributed by atoms with Crippen molar-refractivity contribution in [2.24, 2.45) is 0 Å². The van der Waals surface area contributed by atoms with Gasteiger partial charge in [-0.1, -0.05) is 0 Å². The van der Waals surface area contributed by atoms with Gasteiger partial charge in [0.2, 0.25) is 5.91 Å². The molecule has 0 aromatic rings. The Morgan fingerprint density at radius 2 is 2.12 bits per heavy atom. The second-order valence-electron chi connectivity index (χ2n) is 3.93. The molecule has 1 aliphatic rings. The van der Waals surface area contributed by atoms with Gasteiger partial charge in [0.15, 0.2) is 0 Å². The number of carbonyl (C=O) groups excluding carboxylic acids is 1. The van der Waals surface area contributed by atoms with E-state index in [1.165, 1.54) is 0 Å². The molecule has 1 rings (SSSR count). The number of hydrogen-bond donors (Lipinski definition) is 2. The molecule has 1 heterocycles. The zero-order chi connectivity index (χ0) is 12.0. The first kappa shape index (κ1) is 13.0. The Balaban J connectivity index is 2.04. The Hall–Kier alpha value is -1.04. The Morgan fingerprint density at radius 1 is 1.38 bits per heavy atom. The molecule has 6 heteroatoms. The molecule has 0 bridgehead atoms. The van der Waals surface area contributed by atoms with Crippen molar-refractivity contribution >= 4 is 19.7 Å². The fourth-order valence-corrected chi connectivity index (χ4v) is 1.60. The smallest absolute Gasteiger partial charge is 0.303 e. The third-order valence-corrected chi connectivity index (χ3v) is 2.46. The number of hydrogen-bond acceptors (Lipinski definition) is 3. The molecule has 1 saturated heterocycles. The van der Waals surface area contributed by atoms with Crippen LogP contribution in [0.1, 0.15) is 32.1 Å². The van der Waals surface area contributed by atoms with Crippen molar-refractivity contribution in [3.8, 4) is 0 Å². The second kappa shape index (κ2) is 6.53. The molecule has 16 heavy (non-hydrogen) atoms. The average Bonchev–Trinajstić information content (AvgIpc) is 2.61. The highest BCUT2D eigenvalue weighted by molar-refractivity contribution is 6.11. The van der Waals surface area contributed by atoms with E-state index >= 15 is 0 Å². The van der Waals surface area contributed by atoms with E-state index in [9.17, 15) is 9.59 Å². The van der Waals surface area contributed by atoms with Gasteiger partial charge in [0.05, 0.1) is 6.10 Å². The Labute approximate surface area is 96.0 Å². The standard InChI is InChI=1S/C10H16BNO4/c11-8-5-4-7(16-8)6-12-9(13)2-1-3-10(14)15/h7-8H,1-6H2,(H,12,13)(H,14,15)/t7-,8+/m0/s1. The molecule has 2 radical (unpaired) electrons. The lowest BCUT2D eigenvalue weighted by Gasteiger charge is -2.12. The summed E-state index contributed by atoms with van der Waals surface area (Å²) in [6, 6.07) is -0.214. The number of rotatable bonds is 6. The molecular weight excluding hydrogens is 209 g/mol. The number of aliphatic carboxylic acids is 1. The van der Waals surface area contributed by atoms with E-state index in [1.54, 1.807) is 0 Å². The number of nitrogens with one attached hydrogen (secondary N) is 1. The molecule has 0 unspecified atom stereocenters. The number of carbonyl (C=O) groups is 2. The van der Waals surface area contributed by atoms with Crippen LogP contribution in [-0.4, -0.2) is 43.5 Å². The quantitative estimate of drug-likeness (QED) is 0.625. The highest BCUT2D eigenvalue weighted by atomic mass is 16.5. The van der Waals surface area contributed by atoms with Gasteiger partial charge in [-0.25, -0.2) is 0 Å². The fraction of sp³-hybridized carbons (Fsp3) is 0.800. The lowest BCUT2D eigenvalue weighted by Crippen LogP contribution is -2.32. The van der Waals surface area contributed by atoms with Crippen LogP contribution in [0.15, 0.2) is 0 Å². The summed E-state index contributed by atoms with van der Waals surface area (Å²) < 4.78 is 5.32. The van der Waals surface area contributed by atoms with Gasteiger partial charge in [-0.3, -0.25) is 9.59 Å². The second-order valence-corrected chi connectivity index (χ2v) is 3.93. The summed E-state index contributed by atoms with van der Waals surface area (Å²) in [6.45, 7) is 0.458. The molecule has 2 N–H and O–H groups in total. The molecule has 0 aliphatic carbocycles. The van der Waals surface area contributed by atoms with E-state index in [4.69, 9.17) is 17.7 Å². The van der Waals surface area contributed by atoms with Crippen LogP contribution >= 0.6 is 0 Å². The normalized spacial score (nSPS) is 24.2. The Kier molecular flexibility index (Phi) is 5.32. The van der Waals surface area contributed by atoms with Crippen LogP contribution in [0.4, 0.5) is 0 Å². The van der Waals surface area contributed by atoms with Gasteiger partial charge >= 0.3 is 5.97 Å². The zero-order valence-electron chi connectivity index (χ0n) is 9.15. The van der Waals surface area contributed by atoms with Gasteiger partial charge in [0.25, 0.3) is 0 Å². The monoisotopic (exact) mass is 225 g/mol. The Bertz CT molecular complexity index is 259. The molecule has 1 amide bonds. The van der Waals surface area contributed by atoms with Gasteiger partial charge < -0.3 is 15.2 Å². The van der Waals surface area contributed by atoms with Gasteiger partial charge in [-0.15, -0.1) is 0 Å². The first-order valence-electron chi connectivity index (χ1n) is 5.47. The van der Waals surface area contributed by atoms with E-state index in [0.717, 1.165) is 12.8 Å². The van der Waals surface area contributed by atoms with E-state index in [0.29, 0.717) is 13.0 Å². The highest BCUT2D eigenvalue weighted by Gasteiger charge is 2.21. The lowest BCUT2D eigenvalue weighted by atomic mass is 9.97. The van der Waals surface area contributed by atoms with Crippen molar-refractivity contribution in [1.82, 2.24) is 5.32 Å². The molecule has 2 atom stereocenters. The molecule has 88 valence electrons. The van der Waals surface area contributed by atoms with Crippen molar-refractivity contribution in [1.29, 1.82) is 0 Å². The highest BCUT2D eigenvalue weighted by Crippen LogP contribution is 2.16. The van der Waals surface area contributed by atoms with Crippen molar-refractivity contribution < 1.29 is 19.4 Å². The molecule has 1 fully saturated rings. The van der Waals surface area contributed by atoms with Gasteiger partial charge in [-0.05, 0) is 19.3 Å². The largest absolute Gasteiger partial charge is 0.481 e. The topological polar surface area (TPSA) is 75.6 Å². The number of ether oxygens (including phenoxy) is 1.